The number of nitrogens with one attached hydrogen (secondary N) is 2. The molecule has 1 aliphatic heterocycles. The van der Waals surface area contributed by atoms with Crippen LogP contribution in [0.15, 0.2) is 6.20 Å². The molecule has 1 aromatic rings. The van der Waals surface area contributed by atoms with Crippen molar-refractivity contribution in [3.05, 3.63) is 17.5 Å². The van der Waals surface area contributed by atoms with Crippen LogP contribution in [0.4, 0.5) is 0 Å². The quantitative estimate of drug-likeness (QED) is 0.834. The van der Waals surface area contributed by atoms with Crippen molar-refractivity contribution in [1.82, 2.24) is 20.4 Å². The average molecular weight is 278 g/mol. The number of fused-ring (bicyclic) bond motifs is 1. The van der Waals surface area contributed by atoms with Crippen LogP contribution < -0.4 is 10.6 Å². The van der Waals surface area contributed by atoms with Gasteiger partial charge in [-0.1, -0.05) is 0 Å². The van der Waals surface area contributed by atoms with Gasteiger partial charge in [0.2, 0.25) is 5.91 Å². The Kier molecular flexibility index (Phi) is 4.03. The monoisotopic (exact) mass is 278 g/mol. The maximum Gasteiger partial charge on any atom is 0.223 e. The van der Waals surface area contributed by atoms with Crippen molar-refractivity contribution >= 4 is 5.91 Å². The van der Waals surface area contributed by atoms with Gasteiger partial charge < -0.3 is 15.4 Å². The number of aromatic nitrogens is 2. The molecule has 0 aromatic carbocycles. The summed E-state index contributed by atoms with van der Waals surface area (Å²) in [5.41, 5.74) is 2.42. The molecule has 110 valence electrons. The van der Waals surface area contributed by atoms with E-state index in [4.69, 9.17) is 4.74 Å². The SMILES string of the molecule is Cn1ncc2c1CCCC2NC(=O)CC1CNCCO1. The van der Waals surface area contributed by atoms with E-state index in [0.29, 0.717) is 13.0 Å². The van der Waals surface area contributed by atoms with Gasteiger partial charge >= 0.3 is 0 Å². The molecule has 2 aliphatic rings. The fourth-order valence-electron chi connectivity index (χ4n) is 3.07. The van der Waals surface area contributed by atoms with Crippen molar-refractivity contribution in [2.24, 2.45) is 7.05 Å². The largest absolute Gasteiger partial charge is 0.375 e. The molecule has 1 fully saturated rings. The number of hydrogen-bond donors (Lipinski definition) is 2. The van der Waals surface area contributed by atoms with E-state index in [1.54, 1.807) is 0 Å². The van der Waals surface area contributed by atoms with Gasteiger partial charge in [0.05, 0.1) is 31.4 Å². The Morgan fingerprint density at radius 3 is 3.35 bits per heavy atom. The van der Waals surface area contributed by atoms with E-state index < -0.39 is 0 Å². The standard InChI is InChI=1S/C14H22N4O2/c1-18-13-4-2-3-12(11(13)9-16-18)17-14(19)7-10-8-15-5-6-20-10/h9-10,12,15H,2-8H2,1H3,(H,17,19). The summed E-state index contributed by atoms with van der Waals surface area (Å²) < 4.78 is 7.49. The minimum atomic E-state index is 0.000657. The predicted octanol–water partition coefficient (Wildman–Crippen LogP) is 0.292. The second-order valence-corrected chi connectivity index (χ2v) is 5.58. The molecule has 6 heteroatoms. The highest BCUT2D eigenvalue weighted by Gasteiger charge is 2.26. The molecule has 0 bridgehead atoms. The van der Waals surface area contributed by atoms with E-state index in [1.807, 2.05) is 17.9 Å². The lowest BCUT2D eigenvalue weighted by Gasteiger charge is -2.26. The maximum atomic E-state index is 12.1. The number of carbonyl (C=O) groups excluding carboxylic acids is 1. The second kappa shape index (κ2) is 5.93. The number of aryl methyl sites for hydroxylation is 1. The molecule has 6 nitrogen and oxygen atoms in total. The number of nitrogens with zero attached hydrogens (tertiary/aromatic N) is 2. The minimum Gasteiger partial charge on any atom is -0.375 e. The molecule has 2 heterocycles. The number of carbonyl (C=O) groups is 1. The Balaban J connectivity index is 1.59. The van der Waals surface area contributed by atoms with Gasteiger partial charge in [0.1, 0.15) is 0 Å². The summed E-state index contributed by atoms with van der Waals surface area (Å²) >= 11 is 0. The maximum absolute atomic E-state index is 12.1. The second-order valence-electron chi connectivity index (χ2n) is 5.58. The van der Waals surface area contributed by atoms with Crippen LogP contribution in [0.1, 0.15) is 36.6 Å². The molecule has 2 N–H and O–H groups in total. The highest BCUT2D eigenvalue weighted by atomic mass is 16.5. The third kappa shape index (κ3) is 2.86. The molecule has 0 spiro atoms. The molecule has 1 aromatic heterocycles. The van der Waals surface area contributed by atoms with Crippen LogP contribution in [0.2, 0.25) is 0 Å². The number of rotatable bonds is 3. The average Bonchev–Trinajstić information content (AvgIpc) is 2.83. The topological polar surface area (TPSA) is 68.2 Å². The van der Waals surface area contributed by atoms with Crippen LogP contribution in [0.5, 0.6) is 0 Å². The Hall–Kier alpha value is -1.40. The normalized spacial score (nSPS) is 26.1. The lowest BCUT2D eigenvalue weighted by molar-refractivity contribution is -0.125. The van der Waals surface area contributed by atoms with Gasteiger partial charge in [0.15, 0.2) is 0 Å². The van der Waals surface area contributed by atoms with Gasteiger partial charge in [-0.05, 0) is 19.3 Å². The summed E-state index contributed by atoms with van der Waals surface area (Å²) in [4.78, 5) is 12.1. The van der Waals surface area contributed by atoms with Gasteiger partial charge in [0, 0.05) is 31.4 Å². The molecule has 0 saturated carbocycles. The molecule has 2 atom stereocenters. The van der Waals surface area contributed by atoms with Gasteiger partial charge in [0.25, 0.3) is 0 Å². The first-order valence-corrected chi connectivity index (χ1v) is 7.36. The van der Waals surface area contributed by atoms with Crippen molar-refractivity contribution < 1.29 is 9.53 Å². The molecule has 20 heavy (non-hydrogen) atoms. The van der Waals surface area contributed by atoms with E-state index in [1.165, 1.54) is 11.3 Å². The highest BCUT2D eigenvalue weighted by molar-refractivity contribution is 5.77. The smallest absolute Gasteiger partial charge is 0.223 e. The summed E-state index contributed by atoms with van der Waals surface area (Å²) in [6.07, 6.45) is 5.46. The molecule has 0 radical (unpaired) electrons. The van der Waals surface area contributed by atoms with Crippen molar-refractivity contribution in [3.63, 3.8) is 0 Å². The summed E-state index contributed by atoms with van der Waals surface area (Å²) in [5, 5.41) is 10.7. The predicted molar refractivity (Wildman–Crippen MR) is 74.3 cm³/mol. The van der Waals surface area contributed by atoms with Crippen LogP contribution in [-0.4, -0.2) is 41.5 Å². The Bertz CT molecular complexity index is 480. The van der Waals surface area contributed by atoms with E-state index in [-0.39, 0.29) is 18.1 Å². The molecular formula is C14H22N4O2. The van der Waals surface area contributed by atoms with Crippen LogP contribution >= 0.6 is 0 Å². The Labute approximate surface area is 118 Å². The molecule has 2 unspecified atom stereocenters. The summed E-state index contributed by atoms with van der Waals surface area (Å²) in [7, 11) is 1.96. The molecule has 3 rings (SSSR count). The van der Waals surface area contributed by atoms with E-state index >= 15 is 0 Å². The Morgan fingerprint density at radius 1 is 1.65 bits per heavy atom. The first kappa shape index (κ1) is 13.6. The van der Waals surface area contributed by atoms with Gasteiger partial charge in [-0.2, -0.15) is 5.10 Å². The number of morpholine rings is 1. The van der Waals surface area contributed by atoms with E-state index in [2.05, 4.69) is 15.7 Å². The third-order valence-electron chi connectivity index (χ3n) is 4.13. The van der Waals surface area contributed by atoms with Gasteiger partial charge in [-0.15, -0.1) is 0 Å². The summed E-state index contributed by atoms with van der Waals surface area (Å²) in [6.45, 7) is 2.32. The molecular weight excluding hydrogens is 256 g/mol. The van der Waals surface area contributed by atoms with Crippen LogP contribution in [0.3, 0.4) is 0 Å². The van der Waals surface area contributed by atoms with Crippen LogP contribution in [0, 0.1) is 0 Å². The molecule has 1 saturated heterocycles. The summed E-state index contributed by atoms with van der Waals surface area (Å²) in [5.74, 6) is 0.0698. The molecule has 1 aliphatic carbocycles. The fraction of sp³-hybridized carbons (Fsp3) is 0.714. The third-order valence-corrected chi connectivity index (χ3v) is 4.13. The van der Waals surface area contributed by atoms with E-state index in [9.17, 15) is 4.79 Å². The highest BCUT2D eigenvalue weighted by Crippen LogP contribution is 2.29. The van der Waals surface area contributed by atoms with Gasteiger partial charge in [-0.3, -0.25) is 9.48 Å². The zero-order chi connectivity index (χ0) is 13.9. The zero-order valence-corrected chi connectivity index (χ0v) is 11.9. The van der Waals surface area contributed by atoms with Crippen molar-refractivity contribution in [2.45, 2.75) is 37.8 Å². The lowest BCUT2D eigenvalue weighted by Crippen LogP contribution is -2.42. The van der Waals surface area contributed by atoms with Crippen molar-refractivity contribution in [2.75, 3.05) is 19.7 Å². The molecule has 1 amide bonds. The number of ether oxygens (including phenoxy) is 1. The van der Waals surface area contributed by atoms with Crippen molar-refractivity contribution in [3.8, 4) is 0 Å². The van der Waals surface area contributed by atoms with Crippen LogP contribution in [0.25, 0.3) is 0 Å². The lowest BCUT2D eigenvalue weighted by atomic mass is 9.93. The van der Waals surface area contributed by atoms with Gasteiger partial charge in [-0.25, -0.2) is 0 Å². The minimum absolute atomic E-state index is 0.000657. The van der Waals surface area contributed by atoms with Crippen LogP contribution in [-0.2, 0) is 23.0 Å². The number of amides is 1. The summed E-state index contributed by atoms with van der Waals surface area (Å²) in [6, 6.07) is 0.108. The first-order valence-electron chi connectivity index (χ1n) is 7.36. The number of hydrogen-bond acceptors (Lipinski definition) is 4. The first-order chi connectivity index (χ1) is 9.74. The van der Waals surface area contributed by atoms with Crippen molar-refractivity contribution in [1.29, 1.82) is 0 Å². The van der Waals surface area contributed by atoms with E-state index in [0.717, 1.165) is 32.4 Å². The zero-order valence-electron chi connectivity index (χ0n) is 11.9. The fourth-order valence-corrected chi connectivity index (χ4v) is 3.07. The Morgan fingerprint density at radius 2 is 2.55 bits per heavy atom.